The first-order chi connectivity index (χ1) is 7.11. The first-order valence-corrected chi connectivity index (χ1v) is 5.67. The molecule has 0 aromatic carbocycles. The van der Waals surface area contributed by atoms with Crippen LogP contribution < -0.4 is 11.1 Å². The number of nitrogens with two attached hydrogens (primary N) is 1. The highest BCUT2D eigenvalue weighted by atomic mass is 32.1. The van der Waals surface area contributed by atoms with Gasteiger partial charge in [-0.25, -0.2) is 0 Å². The fourth-order valence-electron chi connectivity index (χ4n) is 1.46. The zero-order valence-corrected chi connectivity index (χ0v) is 9.81. The number of hydrogen-bond acceptors (Lipinski definition) is 3. The average molecular weight is 230 g/mol. The SMILES string of the molecule is CC(CNC(=O)C1CCOCC1)C(N)=S. The summed E-state index contributed by atoms with van der Waals surface area (Å²) >= 11 is 4.83. The predicted molar refractivity (Wildman–Crippen MR) is 62.5 cm³/mol. The maximum Gasteiger partial charge on any atom is 0.223 e. The number of carbonyl (C=O) groups excluding carboxylic acids is 1. The van der Waals surface area contributed by atoms with Gasteiger partial charge in [0.25, 0.3) is 0 Å². The van der Waals surface area contributed by atoms with Crippen LogP contribution in [0, 0.1) is 11.8 Å². The van der Waals surface area contributed by atoms with Crippen molar-refractivity contribution in [1.29, 1.82) is 0 Å². The monoisotopic (exact) mass is 230 g/mol. The van der Waals surface area contributed by atoms with Crippen molar-refractivity contribution < 1.29 is 9.53 Å². The van der Waals surface area contributed by atoms with Crippen LogP contribution in [0.15, 0.2) is 0 Å². The first kappa shape index (κ1) is 12.4. The van der Waals surface area contributed by atoms with Gasteiger partial charge in [0, 0.05) is 31.6 Å². The van der Waals surface area contributed by atoms with Crippen LogP contribution >= 0.6 is 12.2 Å². The summed E-state index contributed by atoms with van der Waals surface area (Å²) in [5, 5.41) is 2.87. The van der Waals surface area contributed by atoms with Gasteiger partial charge in [-0.05, 0) is 12.8 Å². The Hall–Kier alpha value is -0.680. The molecule has 1 rings (SSSR count). The van der Waals surface area contributed by atoms with Gasteiger partial charge in [-0.3, -0.25) is 4.79 Å². The zero-order chi connectivity index (χ0) is 11.3. The Morgan fingerprint density at radius 1 is 1.60 bits per heavy atom. The van der Waals surface area contributed by atoms with E-state index in [0.717, 1.165) is 12.8 Å². The summed E-state index contributed by atoms with van der Waals surface area (Å²) in [4.78, 5) is 12.1. The number of thiocarbonyl (C=S) groups is 1. The van der Waals surface area contributed by atoms with E-state index in [9.17, 15) is 4.79 Å². The third kappa shape index (κ3) is 4.13. The summed E-state index contributed by atoms with van der Waals surface area (Å²) in [6.45, 7) is 3.81. The molecule has 1 aliphatic heterocycles. The zero-order valence-electron chi connectivity index (χ0n) is 8.99. The quantitative estimate of drug-likeness (QED) is 0.688. The minimum atomic E-state index is 0.0591. The van der Waals surface area contributed by atoms with Gasteiger partial charge in [0.15, 0.2) is 0 Å². The molecule has 4 nitrogen and oxygen atoms in total. The molecule has 0 aromatic rings. The standard InChI is InChI=1S/C10H18N2O2S/c1-7(9(11)15)6-12-10(13)8-2-4-14-5-3-8/h7-8H,2-6H2,1H3,(H2,11,15)(H,12,13). The summed E-state index contributed by atoms with van der Waals surface area (Å²) in [5.41, 5.74) is 5.46. The second-order valence-electron chi connectivity index (χ2n) is 3.94. The molecule has 1 amide bonds. The molecule has 1 atom stereocenters. The van der Waals surface area contributed by atoms with E-state index in [1.165, 1.54) is 0 Å². The van der Waals surface area contributed by atoms with Crippen molar-refractivity contribution in [2.45, 2.75) is 19.8 Å². The van der Waals surface area contributed by atoms with Gasteiger partial charge in [0.05, 0.1) is 4.99 Å². The van der Waals surface area contributed by atoms with Crippen LogP contribution in [-0.2, 0) is 9.53 Å². The third-order valence-electron chi connectivity index (χ3n) is 2.66. The number of amides is 1. The van der Waals surface area contributed by atoms with Crippen LogP contribution in [0.1, 0.15) is 19.8 Å². The average Bonchev–Trinajstić information content (AvgIpc) is 2.26. The number of hydrogen-bond donors (Lipinski definition) is 2. The van der Waals surface area contributed by atoms with E-state index in [-0.39, 0.29) is 17.7 Å². The molecule has 0 radical (unpaired) electrons. The first-order valence-electron chi connectivity index (χ1n) is 5.26. The van der Waals surface area contributed by atoms with Crippen LogP contribution in [0.3, 0.4) is 0 Å². The molecule has 86 valence electrons. The molecule has 0 bridgehead atoms. The van der Waals surface area contributed by atoms with E-state index in [2.05, 4.69) is 5.32 Å². The van der Waals surface area contributed by atoms with E-state index in [4.69, 9.17) is 22.7 Å². The molecule has 1 heterocycles. The summed E-state index contributed by atoms with van der Waals surface area (Å²) in [7, 11) is 0. The number of ether oxygens (including phenoxy) is 1. The van der Waals surface area contributed by atoms with E-state index < -0.39 is 0 Å². The molecule has 1 unspecified atom stereocenters. The lowest BCUT2D eigenvalue weighted by Crippen LogP contribution is -2.38. The van der Waals surface area contributed by atoms with Crippen molar-refractivity contribution >= 4 is 23.1 Å². The molecule has 15 heavy (non-hydrogen) atoms. The summed E-state index contributed by atoms with van der Waals surface area (Å²) in [6, 6.07) is 0. The lowest BCUT2D eigenvalue weighted by atomic mass is 9.99. The van der Waals surface area contributed by atoms with E-state index in [1.54, 1.807) is 0 Å². The largest absolute Gasteiger partial charge is 0.393 e. The second-order valence-corrected chi connectivity index (χ2v) is 4.41. The normalized spacial score (nSPS) is 19.5. The van der Waals surface area contributed by atoms with Gasteiger partial charge in [-0.2, -0.15) is 0 Å². The third-order valence-corrected chi connectivity index (χ3v) is 3.06. The summed E-state index contributed by atoms with van der Waals surface area (Å²) < 4.78 is 5.19. The molecule has 0 spiro atoms. The van der Waals surface area contributed by atoms with Crippen molar-refractivity contribution in [3.63, 3.8) is 0 Å². The smallest absolute Gasteiger partial charge is 0.223 e. The van der Waals surface area contributed by atoms with Gasteiger partial charge < -0.3 is 15.8 Å². The molecule has 1 aliphatic rings. The van der Waals surface area contributed by atoms with Gasteiger partial charge in [-0.1, -0.05) is 19.1 Å². The predicted octanol–water partition coefficient (Wildman–Crippen LogP) is 0.451. The second kappa shape index (κ2) is 6.02. The number of nitrogens with one attached hydrogen (secondary N) is 1. The molecular weight excluding hydrogens is 212 g/mol. The van der Waals surface area contributed by atoms with Crippen LogP contribution in [0.2, 0.25) is 0 Å². The Kier molecular flexibility index (Phi) is 4.98. The van der Waals surface area contributed by atoms with Gasteiger partial charge >= 0.3 is 0 Å². The van der Waals surface area contributed by atoms with Crippen LogP contribution in [-0.4, -0.2) is 30.7 Å². The van der Waals surface area contributed by atoms with Crippen molar-refractivity contribution in [3.8, 4) is 0 Å². The Bertz CT molecular complexity index is 240. The highest BCUT2D eigenvalue weighted by molar-refractivity contribution is 7.80. The Labute approximate surface area is 95.5 Å². The lowest BCUT2D eigenvalue weighted by Gasteiger charge is -2.22. The molecule has 1 saturated heterocycles. The highest BCUT2D eigenvalue weighted by Gasteiger charge is 2.21. The van der Waals surface area contributed by atoms with E-state index in [0.29, 0.717) is 24.7 Å². The maximum absolute atomic E-state index is 11.7. The molecule has 3 N–H and O–H groups in total. The molecule has 0 aromatic heterocycles. The fraction of sp³-hybridized carbons (Fsp3) is 0.800. The van der Waals surface area contributed by atoms with E-state index >= 15 is 0 Å². The summed E-state index contributed by atoms with van der Waals surface area (Å²) in [5.74, 6) is 0.252. The topological polar surface area (TPSA) is 64.3 Å². The molecule has 0 aliphatic carbocycles. The summed E-state index contributed by atoms with van der Waals surface area (Å²) in [6.07, 6.45) is 1.63. The van der Waals surface area contributed by atoms with Crippen LogP contribution in [0.25, 0.3) is 0 Å². The van der Waals surface area contributed by atoms with Crippen molar-refractivity contribution in [2.75, 3.05) is 19.8 Å². The lowest BCUT2D eigenvalue weighted by molar-refractivity contribution is -0.127. The van der Waals surface area contributed by atoms with Gasteiger partial charge in [-0.15, -0.1) is 0 Å². The number of carbonyl (C=O) groups is 1. The highest BCUT2D eigenvalue weighted by Crippen LogP contribution is 2.14. The maximum atomic E-state index is 11.7. The van der Waals surface area contributed by atoms with Crippen molar-refractivity contribution in [2.24, 2.45) is 17.6 Å². The Morgan fingerprint density at radius 3 is 2.73 bits per heavy atom. The molecule has 5 heteroatoms. The minimum absolute atomic E-state index is 0.0591. The molecular formula is C10H18N2O2S. The van der Waals surface area contributed by atoms with Gasteiger partial charge in [0.2, 0.25) is 5.91 Å². The molecule has 0 saturated carbocycles. The number of rotatable bonds is 4. The van der Waals surface area contributed by atoms with Crippen molar-refractivity contribution in [1.82, 2.24) is 5.32 Å². The molecule has 1 fully saturated rings. The minimum Gasteiger partial charge on any atom is -0.393 e. The van der Waals surface area contributed by atoms with Crippen LogP contribution in [0.5, 0.6) is 0 Å². The fourth-order valence-corrected chi connectivity index (χ4v) is 1.54. The van der Waals surface area contributed by atoms with Gasteiger partial charge in [0.1, 0.15) is 0 Å². The van der Waals surface area contributed by atoms with Crippen LogP contribution in [0.4, 0.5) is 0 Å². The van der Waals surface area contributed by atoms with Crippen molar-refractivity contribution in [3.05, 3.63) is 0 Å². The Balaban J connectivity index is 2.25. The Morgan fingerprint density at radius 2 is 2.20 bits per heavy atom. The van der Waals surface area contributed by atoms with E-state index in [1.807, 2.05) is 6.92 Å².